The molecular weight excluding hydrogens is 176 g/mol. The molecule has 0 saturated carbocycles. The van der Waals surface area contributed by atoms with Crippen molar-refractivity contribution in [3.63, 3.8) is 0 Å². The number of hydrogen-bond acceptors (Lipinski definition) is 1. The minimum absolute atomic E-state index is 0.549. The maximum atomic E-state index is 5.33. The maximum absolute atomic E-state index is 5.33. The largest absolute Gasteiger partial charge is 0.505 e. The Kier molecular flexibility index (Phi) is 7.92. The SMILES string of the molecule is CCCCC(C#CO[SiH](C)C)CC. The molecule has 1 nitrogen and oxygen atoms in total. The number of hydrogen-bond donors (Lipinski definition) is 0. The highest BCUT2D eigenvalue weighted by Crippen LogP contribution is 2.10. The molecule has 0 bridgehead atoms. The van der Waals surface area contributed by atoms with Crippen molar-refractivity contribution >= 4 is 9.04 Å². The summed E-state index contributed by atoms with van der Waals surface area (Å²) in [4.78, 5) is 0. The van der Waals surface area contributed by atoms with Gasteiger partial charge in [0.25, 0.3) is 0 Å². The van der Waals surface area contributed by atoms with Crippen LogP contribution in [0.1, 0.15) is 39.5 Å². The Morgan fingerprint density at radius 3 is 2.46 bits per heavy atom. The van der Waals surface area contributed by atoms with Gasteiger partial charge >= 0.3 is 0 Å². The molecule has 0 aromatic carbocycles. The molecule has 0 aliphatic carbocycles. The molecule has 0 aromatic rings. The van der Waals surface area contributed by atoms with Crippen molar-refractivity contribution in [1.82, 2.24) is 0 Å². The van der Waals surface area contributed by atoms with Gasteiger partial charge in [0.1, 0.15) is 0 Å². The van der Waals surface area contributed by atoms with E-state index in [2.05, 4.69) is 39.0 Å². The summed E-state index contributed by atoms with van der Waals surface area (Å²) in [6.45, 7) is 8.70. The second-order valence-corrected chi connectivity index (χ2v) is 5.99. The molecule has 2 heteroatoms. The van der Waals surface area contributed by atoms with Gasteiger partial charge in [0, 0.05) is 5.92 Å². The average Bonchev–Trinajstić information content (AvgIpc) is 2.10. The first-order valence-electron chi connectivity index (χ1n) is 5.36. The Balaban J connectivity index is 3.72. The Morgan fingerprint density at radius 2 is 2.00 bits per heavy atom. The topological polar surface area (TPSA) is 9.23 Å². The van der Waals surface area contributed by atoms with Crippen LogP contribution >= 0.6 is 0 Å². The summed E-state index contributed by atoms with van der Waals surface area (Å²) in [5.74, 6) is 3.75. The summed E-state index contributed by atoms with van der Waals surface area (Å²) in [6.07, 6.45) is 7.78. The summed E-state index contributed by atoms with van der Waals surface area (Å²) in [6, 6.07) is 0. The van der Waals surface area contributed by atoms with Gasteiger partial charge in [-0.25, -0.2) is 0 Å². The van der Waals surface area contributed by atoms with Gasteiger partial charge in [-0.3, -0.25) is 0 Å². The van der Waals surface area contributed by atoms with Gasteiger partial charge in [0.05, 0.1) is 6.11 Å². The van der Waals surface area contributed by atoms with Gasteiger partial charge in [0.2, 0.25) is 9.04 Å². The molecule has 1 atom stereocenters. The molecule has 0 radical (unpaired) electrons. The van der Waals surface area contributed by atoms with Crippen molar-refractivity contribution in [2.24, 2.45) is 5.92 Å². The van der Waals surface area contributed by atoms with Crippen molar-refractivity contribution in [1.29, 1.82) is 0 Å². The zero-order valence-electron chi connectivity index (χ0n) is 9.39. The molecule has 0 aliphatic heterocycles. The molecule has 0 fully saturated rings. The zero-order chi connectivity index (χ0) is 10.1. The average molecular weight is 198 g/mol. The molecule has 0 spiro atoms. The lowest BCUT2D eigenvalue weighted by Gasteiger charge is -2.05. The van der Waals surface area contributed by atoms with Crippen molar-refractivity contribution in [2.75, 3.05) is 0 Å². The smallest absolute Gasteiger partial charge is 0.244 e. The van der Waals surface area contributed by atoms with E-state index in [0.29, 0.717) is 5.92 Å². The Morgan fingerprint density at radius 1 is 1.31 bits per heavy atom. The lowest BCUT2D eigenvalue weighted by Crippen LogP contribution is -2.02. The predicted molar refractivity (Wildman–Crippen MR) is 61.0 cm³/mol. The van der Waals surface area contributed by atoms with E-state index >= 15 is 0 Å². The summed E-state index contributed by atoms with van der Waals surface area (Å²) >= 11 is 0. The third-order valence-corrected chi connectivity index (χ3v) is 2.55. The van der Waals surface area contributed by atoms with Crippen LogP contribution < -0.4 is 0 Å². The van der Waals surface area contributed by atoms with Crippen molar-refractivity contribution in [3.8, 4) is 12.0 Å². The fourth-order valence-corrected chi connectivity index (χ4v) is 1.37. The molecule has 0 aromatic heterocycles. The van der Waals surface area contributed by atoms with Gasteiger partial charge < -0.3 is 4.43 Å². The molecule has 0 saturated heterocycles. The Labute approximate surface area is 84.6 Å². The molecule has 0 amide bonds. The highest BCUT2D eigenvalue weighted by atomic mass is 28.3. The molecule has 0 rings (SSSR count). The zero-order valence-corrected chi connectivity index (χ0v) is 10.5. The summed E-state index contributed by atoms with van der Waals surface area (Å²) < 4.78 is 5.33. The van der Waals surface area contributed by atoms with Crippen LogP contribution in [0.2, 0.25) is 13.1 Å². The molecule has 0 heterocycles. The third-order valence-electron chi connectivity index (χ3n) is 1.96. The standard InChI is InChI=1S/C11H22OSi/c1-5-7-8-11(6-2)9-10-12-13(3)4/h11,13H,5-8H2,1-4H3. The summed E-state index contributed by atoms with van der Waals surface area (Å²) in [5.41, 5.74) is 0. The normalized spacial score (nSPS) is 12.1. The Bertz CT molecular complexity index is 167. The van der Waals surface area contributed by atoms with E-state index in [1.807, 2.05) is 0 Å². The van der Waals surface area contributed by atoms with Crippen LogP contribution in [0.15, 0.2) is 0 Å². The van der Waals surface area contributed by atoms with Gasteiger partial charge in [-0.2, -0.15) is 0 Å². The molecule has 0 aliphatic rings. The fourth-order valence-electron chi connectivity index (χ4n) is 1.06. The van der Waals surface area contributed by atoms with E-state index in [9.17, 15) is 0 Å². The van der Waals surface area contributed by atoms with Crippen LogP contribution in [0.25, 0.3) is 0 Å². The first-order valence-corrected chi connectivity index (χ1v) is 8.14. The third kappa shape index (κ3) is 7.92. The van der Waals surface area contributed by atoms with Crippen LogP contribution in [-0.2, 0) is 4.43 Å². The van der Waals surface area contributed by atoms with Crippen molar-refractivity contribution in [2.45, 2.75) is 52.6 Å². The van der Waals surface area contributed by atoms with Gasteiger partial charge in [-0.15, -0.1) is 0 Å². The Hall–Kier alpha value is -0.423. The molecule has 76 valence electrons. The van der Waals surface area contributed by atoms with Crippen molar-refractivity contribution in [3.05, 3.63) is 0 Å². The molecule has 13 heavy (non-hydrogen) atoms. The number of rotatable bonds is 5. The van der Waals surface area contributed by atoms with E-state index in [1.165, 1.54) is 19.3 Å². The minimum atomic E-state index is -0.941. The quantitative estimate of drug-likeness (QED) is 0.487. The van der Waals surface area contributed by atoms with Gasteiger partial charge in [-0.1, -0.05) is 32.6 Å². The first-order chi connectivity index (χ1) is 6.20. The highest BCUT2D eigenvalue weighted by Gasteiger charge is 2.00. The van der Waals surface area contributed by atoms with Crippen LogP contribution in [0.5, 0.6) is 0 Å². The van der Waals surface area contributed by atoms with E-state index in [0.717, 1.165) is 6.42 Å². The summed E-state index contributed by atoms with van der Waals surface area (Å²) in [5, 5.41) is 0. The lowest BCUT2D eigenvalue weighted by molar-refractivity contribution is 0.522. The molecular formula is C11H22OSi. The van der Waals surface area contributed by atoms with Crippen molar-refractivity contribution < 1.29 is 4.43 Å². The molecule has 0 N–H and O–H groups in total. The lowest BCUT2D eigenvalue weighted by atomic mass is 10.0. The minimum Gasteiger partial charge on any atom is -0.505 e. The van der Waals surface area contributed by atoms with Crippen LogP contribution in [0.4, 0.5) is 0 Å². The second-order valence-electron chi connectivity index (χ2n) is 3.66. The van der Waals surface area contributed by atoms with E-state index in [-0.39, 0.29) is 0 Å². The fraction of sp³-hybridized carbons (Fsp3) is 0.818. The van der Waals surface area contributed by atoms with Crippen LogP contribution in [0, 0.1) is 17.9 Å². The predicted octanol–water partition coefficient (Wildman–Crippen LogP) is 3.16. The first kappa shape index (κ1) is 12.6. The maximum Gasteiger partial charge on any atom is 0.244 e. The molecule has 1 unspecified atom stereocenters. The monoisotopic (exact) mass is 198 g/mol. The second kappa shape index (κ2) is 8.19. The van der Waals surface area contributed by atoms with Gasteiger partial charge in [-0.05, 0) is 25.9 Å². The van der Waals surface area contributed by atoms with E-state index in [4.69, 9.17) is 4.43 Å². The summed E-state index contributed by atoms with van der Waals surface area (Å²) in [7, 11) is -0.941. The van der Waals surface area contributed by atoms with E-state index < -0.39 is 9.04 Å². The van der Waals surface area contributed by atoms with E-state index in [1.54, 1.807) is 0 Å². The van der Waals surface area contributed by atoms with Crippen LogP contribution in [-0.4, -0.2) is 9.04 Å². The van der Waals surface area contributed by atoms with Gasteiger partial charge in [0.15, 0.2) is 0 Å². The van der Waals surface area contributed by atoms with Crippen LogP contribution in [0.3, 0.4) is 0 Å². The highest BCUT2D eigenvalue weighted by molar-refractivity contribution is 6.48. The number of unbranched alkanes of at least 4 members (excludes halogenated alkanes) is 1.